The lowest BCUT2D eigenvalue weighted by Gasteiger charge is -2.10. The number of ether oxygens (including phenoxy) is 1. The van der Waals surface area contributed by atoms with Gasteiger partial charge in [-0.1, -0.05) is 30.3 Å². The van der Waals surface area contributed by atoms with Crippen LogP contribution in [-0.4, -0.2) is 23.1 Å². The van der Waals surface area contributed by atoms with Crippen molar-refractivity contribution in [1.82, 2.24) is 9.88 Å². The van der Waals surface area contributed by atoms with Crippen LogP contribution in [0.3, 0.4) is 0 Å². The molecule has 0 bridgehead atoms. The molecule has 32 heavy (non-hydrogen) atoms. The second-order valence-corrected chi connectivity index (χ2v) is 7.27. The number of hydrogen-bond acceptors (Lipinski definition) is 4. The topological polar surface area (TPSA) is 84.1 Å². The number of nitrogens with one attached hydrogen (secondary N) is 1. The van der Waals surface area contributed by atoms with E-state index in [1.54, 1.807) is 25.1 Å². The molecule has 0 atom stereocenters. The van der Waals surface area contributed by atoms with Crippen LogP contribution < -0.4 is 5.32 Å². The van der Waals surface area contributed by atoms with E-state index < -0.39 is 5.91 Å². The van der Waals surface area contributed by atoms with Crippen LogP contribution >= 0.6 is 0 Å². The van der Waals surface area contributed by atoms with Gasteiger partial charge in [-0.25, -0.2) is 4.79 Å². The standard InChI is InChI=1S/C26H25N3O3/c1-4-32-26(31)21-10-12-24(13-11-21)29-18(2)14-22(19(29)3)15-23(16-27)25(30)28-17-20-8-6-5-7-9-20/h5-15H,4,17H2,1-3H3,(H,28,30)/b23-15-. The third-order valence-electron chi connectivity index (χ3n) is 5.07. The zero-order valence-electron chi connectivity index (χ0n) is 18.4. The Bertz CT molecular complexity index is 1180. The van der Waals surface area contributed by atoms with Gasteiger partial charge < -0.3 is 14.6 Å². The van der Waals surface area contributed by atoms with Crippen molar-refractivity contribution in [3.63, 3.8) is 0 Å². The monoisotopic (exact) mass is 427 g/mol. The summed E-state index contributed by atoms with van der Waals surface area (Å²) >= 11 is 0. The van der Waals surface area contributed by atoms with E-state index in [2.05, 4.69) is 5.32 Å². The van der Waals surface area contributed by atoms with Crippen molar-refractivity contribution in [3.05, 3.63) is 94.3 Å². The maximum Gasteiger partial charge on any atom is 0.338 e. The van der Waals surface area contributed by atoms with Gasteiger partial charge in [0, 0.05) is 23.6 Å². The lowest BCUT2D eigenvalue weighted by atomic mass is 10.1. The third kappa shape index (κ3) is 5.13. The normalized spacial score (nSPS) is 11.0. The van der Waals surface area contributed by atoms with Gasteiger partial charge in [0.15, 0.2) is 0 Å². The number of carbonyl (C=O) groups is 2. The fraction of sp³-hybridized carbons (Fsp3) is 0.192. The number of nitriles is 1. The lowest BCUT2D eigenvalue weighted by Crippen LogP contribution is -2.23. The van der Waals surface area contributed by atoms with E-state index in [1.807, 2.05) is 73.0 Å². The SMILES string of the molecule is CCOC(=O)c1ccc(-n2c(C)cc(/C=C(/C#N)C(=O)NCc3ccccc3)c2C)cc1. The molecule has 0 spiro atoms. The van der Waals surface area contributed by atoms with Crippen LogP contribution in [0.4, 0.5) is 0 Å². The number of aromatic nitrogens is 1. The summed E-state index contributed by atoms with van der Waals surface area (Å²) in [6.45, 7) is 6.32. The molecule has 2 aromatic carbocycles. The summed E-state index contributed by atoms with van der Waals surface area (Å²) in [5, 5.41) is 12.3. The number of aryl methyl sites for hydroxylation is 1. The van der Waals surface area contributed by atoms with Crippen LogP contribution in [-0.2, 0) is 16.1 Å². The highest BCUT2D eigenvalue weighted by Gasteiger charge is 2.14. The first-order valence-electron chi connectivity index (χ1n) is 10.3. The number of esters is 1. The molecule has 6 nitrogen and oxygen atoms in total. The Kier molecular flexibility index (Phi) is 7.25. The number of hydrogen-bond donors (Lipinski definition) is 1. The molecule has 0 aliphatic rings. The van der Waals surface area contributed by atoms with Gasteiger partial charge in [0.1, 0.15) is 11.6 Å². The minimum absolute atomic E-state index is 0.0406. The minimum Gasteiger partial charge on any atom is -0.462 e. The van der Waals surface area contributed by atoms with Crippen LogP contribution in [0.25, 0.3) is 11.8 Å². The summed E-state index contributed by atoms with van der Waals surface area (Å²) in [4.78, 5) is 24.4. The zero-order valence-corrected chi connectivity index (χ0v) is 18.4. The highest BCUT2D eigenvalue weighted by molar-refractivity contribution is 6.01. The fourth-order valence-corrected chi connectivity index (χ4v) is 3.47. The Morgan fingerprint density at radius 2 is 1.78 bits per heavy atom. The Morgan fingerprint density at radius 3 is 2.41 bits per heavy atom. The molecule has 6 heteroatoms. The van der Waals surface area contributed by atoms with Gasteiger partial charge in [0.2, 0.25) is 0 Å². The van der Waals surface area contributed by atoms with Crippen molar-refractivity contribution in [3.8, 4) is 11.8 Å². The molecule has 3 aromatic rings. The predicted molar refractivity (Wildman–Crippen MR) is 123 cm³/mol. The van der Waals surface area contributed by atoms with Crippen molar-refractivity contribution in [2.24, 2.45) is 0 Å². The van der Waals surface area contributed by atoms with Crippen molar-refractivity contribution in [2.75, 3.05) is 6.61 Å². The van der Waals surface area contributed by atoms with Crippen LogP contribution in [0.5, 0.6) is 0 Å². The number of rotatable bonds is 7. The first-order valence-corrected chi connectivity index (χ1v) is 10.3. The van der Waals surface area contributed by atoms with Gasteiger partial charge in [0.05, 0.1) is 12.2 Å². The highest BCUT2D eigenvalue weighted by atomic mass is 16.5. The molecular weight excluding hydrogens is 402 g/mol. The van der Waals surface area contributed by atoms with Gasteiger partial charge >= 0.3 is 5.97 Å². The number of nitrogens with zero attached hydrogens (tertiary/aromatic N) is 2. The number of amides is 1. The molecule has 1 aromatic heterocycles. The van der Waals surface area contributed by atoms with E-state index in [-0.39, 0.29) is 11.5 Å². The molecule has 0 fully saturated rings. The predicted octanol–water partition coefficient (Wildman–Crippen LogP) is 4.49. The van der Waals surface area contributed by atoms with Crippen molar-refractivity contribution in [1.29, 1.82) is 5.26 Å². The van der Waals surface area contributed by atoms with Gasteiger partial charge in [-0.15, -0.1) is 0 Å². The second-order valence-electron chi connectivity index (χ2n) is 7.27. The zero-order chi connectivity index (χ0) is 23.1. The van der Waals surface area contributed by atoms with Crippen LogP contribution in [0.15, 0.2) is 66.2 Å². The van der Waals surface area contributed by atoms with E-state index in [1.165, 1.54) is 0 Å². The highest BCUT2D eigenvalue weighted by Crippen LogP contribution is 2.23. The summed E-state index contributed by atoms with van der Waals surface area (Å²) in [6.07, 6.45) is 1.60. The smallest absolute Gasteiger partial charge is 0.338 e. The van der Waals surface area contributed by atoms with Gasteiger partial charge in [-0.2, -0.15) is 5.26 Å². The Labute approximate surface area is 187 Å². The van der Waals surface area contributed by atoms with Gasteiger partial charge in [-0.3, -0.25) is 4.79 Å². The molecule has 0 saturated heterocycles. The lowest BCUT2D eigenvalue weighted by molar-refractivity contribution is -0.117. The van der Waals surface area contributed by atoms with E-state index in [0.717, 1.165) is 28.2 Å². The largest absolute Gasteiger partial charge is 0.462 e. The van der Waals surface area contributed by atoms with Crippen LogP contribution in [0.2, 0.25) is 0 Å². The molecule has 0 unspecified atom stereocenters. The van der Waals surface area contributed by atoms with Crippen molar-refractivity contribution >= 4 is 18.0 Å². The van der Waals surface area contributed by atoms with E-state index in [4.69, 9.17) is 4.74 Å². The Balaban J connectivity index is 1.82. The molecule has 1 N–H and O–H groups in total. The quantitative estimate of drug-likeness (QED) is 0.342. The van der Waals surface area contributed by atoms with Gasteiger partial charge in [-0.05, 0) is 68.3 Å². The Hall–Kier alpha value is -4.11. The molecule has 1 heterocycles. The average molecular weight is 428 g/mol. The van der Waals surface area contributed by atoms with E-state index >= 15 is 0 Å². The first kappa shape index (κ1) is 22.6. The summed E-state index contributed by atoms with van der Waals surface area (Å²) < 4.78 is 7.04. The molecular formula is C26H25N3O3. The Morgan fingerprint density at radius 1 is 1.09 bits per heavy atom. The number of carbonyl (C=O) groups excluding carboxylic acids is 2. The summed E-state index contributed by atoms with van der Waals surface area (Å²) in [6, 6.07) is 20.6. The molecule has 3 rings (SSSR count). The number of benzene rings is 2. The maximum atomic E-state index is 12.5. The van der Waals surface area contributed by atoms with Gasteiger partial charge in [0.25, 0.3) is 5.91 Å². The molecule has 1 amide bonds. The average Bonchev–Trinajstić information content (AvgIpc) is 3.09. The van der Waals surface area contributed by atoms with Crippen molar-refractivity contribution in [2.45, 2.75) is 27.3 Å². The first-order chi connectivity index (χ1) is 15.4. The fourth-order valence-electron chi connectivity index (χ4n) is 3.47. The summed E-state index contributed by atoms with van der Waals surface area (Å²) in [7, 11) is 0. The molecule has 162 valence electrons. The van der Waals surface area contributed by atoms with Crippen LogP contribution in [0.1, 0.15) is 39.8 Å². The third-order valence-corrected chi connectivity index (χ3v) is 5.07. The summed E-state index contributed by atoms with van der Waals surface area (Å²) in [5.41, 5.74) is 4.97. The van der Waals surface area contributed by atoms with E-state index in [0.29, 0.717) is 18.7 Å². The minimum atomic E-state index is -0.417. The second kappa shape index (κ2) is 10.3. The van der Waals surface area contributed by atoms with E-state index in [9.17, 15) is 14.9 Å². The van der Waals surface area contributed by atoms with Crippen LogP contribution in [0, 0.1) is 25.2 Å². The summed E-state index contributed by atoms with van der Waals surface area (Å²) in [5.74, 6) is -0.774. The molecule has 0 aliphatic heterocycles. The van der Waals surface area contributed by atoms with Crippen molar-refractivity contribution < 1.29 is 14.3 Å². The molecule has 0 saturated carbocycles. The maximum absolute atomic E-state index is 12.5. The molecule has 0 aliphatic carbocycles. The molecule has 0 radical (unpaired) electrons.